The van der Waals surface area contributed by atoms with Gasteiger partial charge in [-0.15, -0.1) is 0 Å². The highest BCUT2D eigenvalue weighted by atomic mass is 19.1. The van der Waals surface area contributed by atoms with Crippen LogP contribution in [0.1, 0.15) is 16.7 Å². The third-order valence-corrected chi connectivity index (χ3v) is 8.54. The quantitative estimate of drug-likeness (QED) is 0.185. The van der Waals surface area contributed by atoms with Crippen LogP contribution in [0.4, 0.5) is 14.6 Å². The van der Waals surface area contributed by atoms with E-state index in [-0.39, 0.29) is 17.0 Å². The highest BCUT2D eigenvalue weighted by Gasteiger charge is 2.30. The lowest BCUT2D eigenvalue weighted by Crippen LogP contribution is -2.37. The first-order chi connectivity index (χ1) is 22.9. The summed E-state index contributed by atoms with van der Waals surface area (Å²) in [6.07, 6.45) is 0. The van der Waals surface area contributed by atoms with Crippen molar-refractivity contribution in [1.29, 1.82) is 0 Å². The fraction of sp³-hybridized carbons (Fsp3) is 0.184. The van der Waals surface area contributed by atoms with Crippen LogP contribution < -0.4 is 10.9 Å². The maximum absolute atomic E-state index is 15.3. The van der Waals surface area contributed by atoms with E-state index in [0.29, 0.717) is 41.5 Å². The van der Waals surface area contributed by atoms with Gasteiger partial charge in [0.2, 0.25) is 0 Å². The van der Waals surface area contributed by atoms with E-state index in [4.69, 9.17) is 10.2 Å². The molecular weight excluding hydrogens is 594 g/mol. The zero-order valence-electron chi connectivity index (χ0n) is 26.0. The Labute approximate surface area is 271 Å². The summed E-state index contributed by atoms with van der Waals surface area (Å²) in [7, 11) is 0. The second-order valence-electron chi connectivity index (χ2n) is 12.0. The molecule has 1 aliphatic heterocycles. The standard InChI is InChI=1S/C38H34F2N6O/c1-26-10-8-9-15-34(26)46-35(47)19-18-33(42-46)36-37(31-17-16-30(39)20-32(31)40)43-45-25-29(21-41-38(36)45)24-44(22-27-11-4-2-5-12-27)23-28-13-6-3-7-14-28/h2-20,29,41H,21-25H2,1H3. The summed E-state index contributed by atoms with van der Waals surface area (Å²) < 4.78 is 32.5. The lowest BCUT2D eigenvalue weighted by atomic mass is 10.0. The number of nitrogens with one attached hydrogen (secondary N) is 1. The highest BCUT2D eigenvalue weighted by Crippen LogP contribution is 2.39. The number of fused-ring (bicyclic) bond motifs is 1. The number of aryl methyl sites for hydroxylation is 1. The molecule has 0 amide bonds. The summed E-state index contributed by atoms with van der Waals surface area (Å²) in [4.78, 5) is 15.4. The zero-order chi connectivity index (χ0) is 32.3. The molecule has 3 heterocycles. The molecule has 0 aliphatic carbocycles. The Kier molecular flexibility index (Phi) is 8.46. The topological polar surface area (TPSA) is 68.0 Å². The van der Waals surface area contributed by atoms with E-state index < -0.39 is 11.6 Å². The van der Waals surface area contributed by atoms with Crippen LogP contribution in [0.5, 0.6) is 0 Å². The van der Waals surface area contributed by atoms with E-state index in [1.165, 1.54) is 34.0 Å². The normalized spacial score (nSPS) is 14.2. The van der Waals surface area contributed by atoms with Crippen LogP contribution in [0.15, 0.2) is 120 Å². The second kappa shape index (κ2) is 13.1. The maximum Gasteiger partial charge on any atom is 0.271 e. The number of halogens is 2. The van der Waals surface area contributed by atoms with E-state index in [1.807, 2.05) is 48.0 Å². The summed E-state index contributed by atoms with van der Waals surface area (Å²) in [6.45, 7) is 5.52. The van der Waals surface area contributed by atoms with Crippen molar-refractivity contribution >= 4 is 5.82 Å². The van der Waals surface area contributed by atoms with Gasteiger partial charge in [0.1, 0.15) is 23.1 Å². The Balaban J connectivity index is 1.26. The van der Waals surface area contributed by atoms with Gasteiger partial charge in [-0.05, 0) is 47.9 Å². The van der Waals surface area contributed by atoms with Crippen molar-refractivity contribution in [2.45, 2.75) is 26.6 Å². The zero-order valence-corrected chi connectivity index (χ0v) is 26.0. The molecule has 0 bridgehead atoms. The van der Waals surface area contributed by atoms with E-state index in [0.717, 1.165) is 31.3 Å². The molecule has 0 saturated heterocycles. The lowest BCUT2D eigenvalue weighted by molar-refractivity contribution is 0.201. The molecule has 9 heteroatoms. The van der Waals surface area contributed by atoms with Crippen molar-refractivity contribution in [3.8, 4) is 28.2 Å². The van der Waals surface area contributed by atoms with Crippen molar-refractivity contribution in [1.82, 2.24) is 24.5 Å². The third kappa shape index (κ3) is 6.48. The molecule has 1 atom stereocenters. The summed E-state index contributed by atoms with van der Waals surface area (Å²) in [6, 6.07) is 34.9. The molecule has 1 unspecified atom stereocenters. The van der Waals surface area contributed by atoms with Gasteiger partial charge in [-0.25, -0.2) is 13.5 Å². The largest absolute Gasteiger partial charge is 0.369 e. The summed E-state index contributed by atoms with van der Waals surface area (Å²) in [5.74, 6) is -0.525. The average Bonchev–Trinajstić information content (AvgIpc) is 3.45. The Morgan fingerprint density at radius 3 is 2.19 bits per heavy atom. The SMILES string of the molecule is Cc1ccccc1-n1nc(-c2c(-c3ccc(F)cc3F)nn3c2NCC(CN(Cc2ccccc2)Cc2ccccc2)C3)ccc1=O. The van der Waals surface area contributed by atoms with E-state index in [2.05, 4.69) is 58.7 Å². The Hall–Kier alpha value is -5.41. The number of aromatic nitrogens is 4. The van der Waals surface area contributed by atoms with Gasteiger partial charge >= 0.3 is 0 Å². The van der Waals surface area contributed by atoms with Crippen molar-refractivity contribution in [2.75, 3.05) is 18.4 Å². The van der Waals surface area contributed by atoms with Gasteiger partial charge in [0.15, 0.2) is 0 Å². The number of anilines is 1. The number of hydrogen-bond donors (Lipinski definition) is 1. The fourth-order valence-electron chi connectivity index (χ4n) is 6.31. The van der Waals surface area contributed by atoms with Gasteiger partial charge in [-0.1, -0.05) is 78.9 Å². The minimum absolute atomic E-state index is 0.159. The van der Waals surface area contributed by atoms with Crippen LogP contribution in [0, 0.1) is 24.5 Å². The van der Waals surface area contributed by atoms with Crippen LogP contribution in [0.25, 0.3) is 28.2 Å². The molecule has 7 rings (SSSR count). The molecule has 0 spiro atoms. The van der Waals surface area contributed by atoms with E-state index in [9.17, 15) is 9.18 Å². The Morgan fingerprint density at radius 1 is 0.830 bits per heavy atom. The van der Waals surface area contributed by atoms with E-state index >= 15 is 4.39 Å². The minimum Gasteiger partial charge on any atom is -0.369 e. The monoisotopic (exact) mass is 628 g/mol. The van der Waals surface area contributed by atoms with Gasteiger partial charge < -0.3 is 5.32 Å². The summed E-state index contributed by atoms with van der Waals surface area (Å²) in [5.41, 5.74) is 5.22. The van der Waals surface area contributed by atoms with Crippen LogP contribution >= 0.6 is 0 Å². The minimum atomic E-state index is -0.720. The number of para-hydroxylation sites is 1. The van der Waals surface area contributed by atoms with Crippen molar-refractivity contribution in [2.24, 2.45) is 5.92 Å². The first-order valence-electron chi connectivity index (χ1n) is 15.7. The highest BCUT2D eigenvalue weighted by molar-refractivity contribution is 5.87. The fourth-order valence-corrected chi connectivity index (χ4v) is 6.31. The first-order valence-corrected chi connectivity index (χ1v) is 15.7. The lowest BCUT2D eigenvalue weighted by Gasteiger charge is -2.31. The van der Waals surface area contributed by atoms with Crippen molar-refractivity contribution in [3.63, 3.8) is 0 Å². The van der Waals surface area contributed by atoms with Crippen molar-refractivity contribution in [3.05, 3.63) is 154 Å². The second-order valence-corrected chi connectivity index (χ2v) is 12.0. The van der Waals surface area contributed by atoms with E-state index in [1.54, 1.807) is 6.07 Å². The van der Waals surface area contributed by atoms with Crippen molar-refractivity contribution < 1.29 is 8.78 Å². The van der Waals surface area contributed by atoms with Crippen LogP contribution in [-0.2, 0) is 19.6 Å². The van der Waals surface area contributed by atoms with Crippen LogP contribution in [-0.4, -0.2) is 37.6 Å². The Bertz CT molecular complexity index is 2030. The summed E-state index contributed by atoms with van der Waals surface area (Å²) in [5, 5.41) is 13.2. The maximum atomic E-state index is 15.3. The van der Waals surface area contributed by atoms with Gasteiger partial charge in [-0.2, -0.15) is 14.9 Å². The van der Waals surface area contributed by atoms with Gasteiger partial charge in [0.05, 0.1) is 16.9 Å². The predicted molar refractivity (Wildman–Crippen MR) is 180 cm³/mol. The molecule has 7 nitrogen and oxygen atoms in total. The molecule has 47 heavy (non-hydrogen) atoms. The van der Waals surface area contributed by atoms with Gasteiger partial charge in [-0.3, -0.25) is 9.69 Å². The molecule has 1 aliphatic rings. The van der Waals surface area contributed by atoms with Crippen LogP contribution in [0.3, 0.4) is 0 Å². The average molecular weight is 629 g/mol. The number of nitrogens with zero attached hydrogens (tertiary/aromatic N) is 5. The predicted octanol–water partition coefficient (Wildman–Crippen LogP) is 7.09. The first kappa shape index (κ1) is 30.3. The molecule has 2 aromatic heterocycles. The molecule has 6 aromatic rings. The summed E-state index contributed by atoms with van der Waals surface area (Å²) >= 11 is 0. The van der Waals surface area contributed by atoms with Gasteiger partial charge in [0, 0.05) is 56.3 Å². The molecule has 0 radical (unpaired) electrons. The molecule has 236 valence electrons. The van der Waals surface area contributed by atoms with Gasteiger partial charge in [0.25, 0.3) is 5.56 Å². The number of benzene rings is 4. The molecular formula is C38H34F2N6O. The molecule has 1 N–H and O–H groups in total. The molecule has 4 aromatic carbocycles. The number of hydrogen-bond acceptors (Lipinski definition) is 5. The molecule has 0 saturated carbocycles. The smallest absolute Gasteiger partial charge is 0.271 e. The Morgan fingerprint density at radius 2 is 1.51 bits per heavy atom. The number of rotatable bonds is 9. The van der Waals surface area contributed by atoms with Crippen LogP contribution in [0.2, 0.25) is 0 Å². The molecule has 0 fully saturated rings. The third-order valence-electron chi connectivity index (χ3n) is 8.54.